The number of hydrogen-bond donors (Lipinski definition) is 2. The fourth-order valence-electron chi connectivity index (χ4n) is 1.17. The van der Waals surface area contributed by atoms with Crippen LogP contribution < -0.4 is 11.1 Å². The third-order valence-corrected chi connectivity index (χ3v) is 2.24. The summed E-state index contributed by atoms with van der Waals surface area (Å²) in [6.45, 7) is -1.62. The minimum atomic E-state index is -3.14. The maximum absolute atomic E-state index is 12.7. The summed E-state index contributed by atoms with van der Waals surface area (Å²) in [5.74, 6) is -3.74. The molecule has 0 atom stereocenters. The van der Waals surface area contributed by atoms with Crippen molar-refractivity contribution in [3.63, 3.8) is 0 Å². The normalized spacial score (nSPS) is 11.3. The topological polar surface area (TPSA) is 116 Å². The van der Waals surface area contributed by atoms with Gasteiger partial charge in [-0.2, -0.15) is 5.10 Å². The van der Waals surface area contributed by atoms with Crippen molar-refractivity contribution in [2.24, 2.45) is 5.73 Å². The molecule has 0 aliphatic carbocycles. The first-order valence-electron chi connectivity index (χ1n) is 5.35. The molecular weight excluding hydrogens is 264 g/mol. The van der Waals surface area contributed by atoms with E-state index < -0.39 is 29.8 Å². The predicted molar refractivity (Wildman–Crippen MR) is 60.5 cm³/mol. The van der Waals surface area contributed by atoms with Crippen LogP contribution in [-0.2, 0) is 11.3 Å². The number of aromatic nitrogens is 2. The molecule has 19 heavy (non-hydrogen) atoms. The summed E-state index contributed by atoms with van der Waals surface area (Å²) in [5, 5.41) is 16.1. The Morgan fingerprint density at radius 1 is 1.63 bits per heavy atom. The molecule has 0 spiro atoms. The summed E-state index contributed by atoms with van der Waals surface area (Å²) in [7, 11) is 0. The highest BCUT2D eigenvalue weighted by Crippen LogP contribution is 2.09. The van der Waals surface area contributed by atoms with E-state index in [9.17, 15) is 23.7 Å². The number of nitrogens with one attached hydrogen (secondary N) is 1. The van der Waals surface area contributed by atoms with Crippen molar-refractivity contribution < 1.29 is 18.5 Å². The zero-order valence-electron chi connectivity index (χ0n) is 9.88. The molecule has 0 aliphatic rings. The largest absolute Gasteiger partial charge is 0.350 e. The first kappa shape index (κ1) is 15.0. The van der Waals surface area contributed by atoms with E-state index in [0.29, 0.717) is 0 Å². The Balaban J connectivity index is 2.35. The molecule has 0 unspecified atom stereocenters. The van der Waals surface area contributed by atoms with Crippen LogP contribution in [-0.4, -0.2) is 39.6 Å². The lowest BCUT2D eigenvalue weighted by atomic mass is 10.3. The van der Waals surface area contributed by atoms with Crippen molar-refractivity contribution in [3.8, 4) is 0 Å². The third kappa shape index (κ3) is 4.95. The molecule has 1 amide bonds. The molecule has 3 N–H and O–H groups in total. The maximum atomic E-state index is 12.7. The van der Waals surface area contributed by atoms with E-state index in [1.54, 1.807) is 0 Å². The number of nitro groups is 1. The molecule has 1 aromatic rings. The second kappa shape index (κ2) is 6.18. The van der Waals surface area contributed by atoms with E-state index in [2.05, 4.69) is 5.10 Å². The molecule has 0 aliphatic heterocycles. The number of nitrogens with zero attached hydrogens (tertiary/aromatic N) is 3. The molecular formula is C9H13F2N5O3. The molecule has 0 aromatic carbocycles. The zero-order chi connectivity index (χ0) is 14.5. The van der Waals surface area contributed by atoms with Crippen molar-refractivity contribution in [2.75, 3.05) is 13.1 Å². The second-order valence-corrected chi connectivity index (χ2v) is 3.81. The van der Waals surface area contributed by atoms with Gasteiger partial charge in [0.2, 0.25) is 5.91 Å². The van der Waals surface area contributed by atoms with Gasteiger partial charge in [0.25, 0.3) is 5.92 Å². The number of hydrogen-bond acceptors (Lipinski definition) is 5. The van der Waals surface area contributed by atoms with Gasteiger partial charge >= 0.3 is 5.69 Å². The first-order chi connectivity index (χ1) is 8.84. The fraction of sp³-hybridized carbons (Fsp3) is 0.556. The Hall–Kier alpha value is -2.10. The minimum absolute atomic E-state index is 0.0634. The van der Waals surface area contributed by atoms with Gasteiger partial charge in [0.05, 0.1) is 18.0 Å². The molecule has 10 heteroatoms. The number of amides is 1. The number of carbonyl (C=O) groups is 1. The van der Waals surface area contributed by atoms with Crippen LogP contribution >= 0.6 is 0 Å². The summed E-state index contributed by atoms with van der Waals surface area (Å²) >= 11 is 0. The summed E-state index contributed by atoms with van der Waals surface area (Å²) in [6.07, 6.45) is 2.09. The lowest BCUT2D eigenvalue weighted by Crippen LogP contribution is -2.41. The number of alkyl halides is 2. The van der Waals surface area contributed by atoms with Crippen molar-refractivity contribution >= 4 is 11.6 Å². The number of rotatable bonds is 7. The van der Waals surface area contributed by atoms with Crippen LogP contribution in [0.15, 0.2) is 12.4 Å². The Morgan fingerprint density at radius 2 is 2.32 bits per heavy atom. The maximum Gasteiger partial charge on any atom is 0.306 e. The highest BCUT2D eigenvalue weighted by molar-refractivity contribution is 5.75. The average molecular weight is 277 g/mol. The van der Waals surface area contributed by atoms with E-state index in [1.165, 1.54) is 4.68 Å². The van der Waals surface area contributed by atoms with E-state index in [1.807, 2.05) is 5.32 Å². The second-order valence-electron chi connectivity index (χ2n) is 3.81. The Morgan fingerprint density at radius 3 is 2.84 bits per heavy atom. The van der Waals surface area contributed by atoms with Crippen LogP contribution in [0.1, 0.15) is 6.42 Å². The van der Waals surface area contributed by atoms with Gasteiger partial charge in [-0.1, -0.05) is 0 Å². The highest BCUT2D eigenvalue weighted by Gasteiger charge is 2.26. The minimum Gasteiger partial charge on any atom is -0.350 e. The molecule has 1 heterocycles. The van der Waals surface area contributed by atoms with Gasteiger partial charge in [-0.15, -0.1) is 0 Å². The summed E-state index contributed by atoms with van der Waals surface area (Å²) in [4.78, 5) is 21.0. The molecule has 106 valence electrons. The van der Waals surface area contributed by atoms with Gasteiger partial charge in [-0.3, -0.25) is 19.6 Å². The summed E-state index contributed by atoms with van der Waals surface area (Å²) < 4.78 is 26.7. The number of nitrogens with two attached hydrogens (primary N) is 1. The highest BCUT2D eigenvalue weighted by atomic mass is 19.3. The van der Waals surface area contributed by atoms with E-state index in [-0.39, 0.29) is 18.7 Å². The van der Waals surface area contributed by atoms with E-state index in [4.69, 9.17) is 5.73 Å². The van der Waals surface area contributed by atoms with Gasteiger partial charge < -0.3 is 11.1 Å². The quantitative estimate of drug-likeness (QED) is 0.533. The molecule has 0 bridgehead atoms. The Labute approximate surface area is 106 Å². The van der Waals surface area contributed by atoms with Crippen LogP contribution in [0.2, 0.25) is 0 Å². The zero-order valence-corrected chi connectivity index (χ0v) is 9.88. The molecule has 0 saturated carbocycles. The number of halogens is 2. The van der Waals surface area contributed by atoms with Crippen LogP contribution in [0, 0.1) is 10.1 Å². The smallest absolute Gasteiger partial charge is 0.306 e. The lowest BCUT2D eigenvalue weighted by molar-refractivity contribution is -0.385. The SMILES string of the molecule is NCC(F)(F)CNC(=O)CCn1cc([N+](=O)[O-])cn1. The van der Waals surface area contributed by atoms with Crippen molar-refractivity contribution in [1.82, 2.24) is 15.1 Å². The third-order valence-electron chi connectivity index (χ3n) is 2.24. The van der Waals surface area contributed by atoms with Crippen molar-refractivity contribution in [1.29, 1.82) is 0 Å². The van der Waals surface area contributed by atoms with Gasteiger partial charge in [0.1, 0.15) is 12.4 Å². The molecule has 1 rings (SSSR count). The molecule has 0 saturated heterocycles. The Bertz CT molecular complexity index is 462. The van der Waals surface area contributed by atoms with E-state index >= 15 is 0 Å². The molecule has 0 fully saturated rings. The number of aryl methyl sites for hydroxylation is 1. The van der Waals surface area contributed by atoms with Crippen molar-refractivity contribution in [2.45, 2.75) is 18.9 Å². The van der Waals surface area contributed by atoms with Gasteiger partial charge in [-0.05, 0) is 0 Å². The van der Waals surface area contributed by atoms with Crippen LogP contribution in [0.3, 0.4) is 0 Å². The summed E-state index contributed by atoms with van der Waals surface area (Å²) in [5.41, 5.74) is 4.61. The molecule has 0 radical (unpaired) electrons. The fourth-order valence-corrected chi connectivity index (χ4v) is 1.17. The van der Waals surface area contributed by atoms with E-state index in [0.717, 1.165) is 12.4 Å². The lowest BCUT2D eigenvalue weighted by Gasteiger charge is -2.14. The van der Waals surface area contributed by atoms with Crippen LogP contribution in [0.4, 0.5) is 14.5 Å². The van der Waals surface area contributed by atoms with Gasteiger partial charge in [0, 0.05) is 13.0 Å². The first-order valence-corrected chi connectivity index (χ1v) is 5.35. The van der Waals surface area contributed by atoms with Crippen LogP contribution in [0.5, 0.6) is 0 Å². The monoisotopic (exact) mass is 277 g/mol. The predicted octanol–water partition coefficient (Wildman–Crippen LogP) is -0.108. The van der Waals surface area contributed by atoms with Gasteiger partial charge in [0.15, 0.2) is 0 Å². The van der Waals surface area contributed by atoms with Gasteiger partial charge in [-0.25, -0.2) is 8.78 Å². The molecule has 8 nitrogen and oxygen atoms in total. The molecule has 1 aromatic heterocycles. The average Bonchev–Trinajstić information content (AvgIpc) is 2.83. The van der Waals surface area contributed by atoms with Crippen molar-refractivity contribution in [3.05, 3.63) is 22.5 Å². The Kier molecular flexibility index (Phi) is 4.87. The van der Waals surface area contributed by atoms with Crippen LogP contribution in [0.25, 0.3) is 0 Å². The summed E-state index contributed by atoms with van der Waals surface area (Å²) in [6, 6.07) is 0. The number of carbonyl (C=O) groups excluding carboxylic acids is 1. The standard InChI is InChI=1S/C9H13F2N5O3/c10-9(11,5-12)6-13-8(17)1-2-15-4-7(3-14-15)16(18)19/h3-4H,1-2,5-6,12H2,(H,13,17).